The standard InChI is InChI=1S/C13H15NOS2/c15-11(6-10-7-14-8-16-10)13-5-9-3-1-2-4-12(9)17-13/h5,7-8,11,15H,1-4,6H2. The summed E-state index contributed by atoms with van der Waals surface area (Å²) >= 11 is 3.41. The topological polar surface area (TPSA) is 33.1 Å². The second kappa shape index (κ2) is 4.88. The highest BCUT2D eigenvalue weighted by atomic mass is 32.1. The van der Waals surface area contributed by atoms with Gasteiger partial charge in [-0.05, 0) is 37.3 Å². The van der Waals surface area contributed by atoms with E-state index in [-0.39, 0.29) is 6.10 Å². The van der Waals surface area contributed by atoms with Crippen molar-refractivity contribution < 1.29 is 5.11 Å². The number of fused-ring (bicyclic) bond motifs is 1. The number of rotatable bonds is 3. The number of hydrogen-bond donors (Lipinski definition) is 1. The van der Waals surface area contributed by atoms with Gasteiger partial charge in [0.2, 0.25) is 0 Å². The number of aliphatic hydroxyl groups excluding tert-OH is 1. The van der Waals surface area contributed by atoms with Crippen LogP contribution >= 0.6 is 22.7 Å². The third-order valence-electron chi connectivity index (χ3n) is 3.22. The Labute approximate surface area is 109 Å². The van der Waals surface area contributed by atoms with E-state index in [9.17, 15) is 5.11 Å². The molecule has 2 heterocycles. The van der Waals surface area contributed by atoms with E-state index in [4.69, 9.17) is 0 Å². The Morgan fingerprint density at radius 1 is 1.35 bits per heavy atom. The molecule has 2 nitrogen and oxygen atoms in total. The van der Waals surface area contributed by atoms with Gasteiger partial charge >= 0.3 is 0 Å². The van der Waals surface area contributed by atoms with Gasteiger partial charge in [-0.25, -0.2) is 0 Å². The Balaban J connectivity index is 1.77. The highest BCUT2D eigenvalue weighted by Gasteiger charge is 2.18. The molecule has 2 aromatic rings. The molecule has 0 amide bonds. The molecule has 1 unspecified atom stereocenters. The second-order valence-electron chi connectivity index (χ2n) is 4.49. The van der Waals surface area contributed by atoms with Gasteiger partial charge in [0, 0.05) is 27.2 Å². The average molecular weight is 265 g/mol. The number of aliphatic hydroxyl groups is 1. The van der Waals surface area contributed by atoms with Crippen molar-refractivity contribution in [2.24, 2.45) is 0 Å². The van der Waals surface area contributed by atoms with Crippen LogP contribution in [-0.4, -0.2) is 10.1 Å². The van der Waals surface area contributed by atoms with Crippen LogP contribution in [0.15, 0.2) is 17.8 Å². The summed E-state index contributed by atoms with van der Waals surface area (Å²) in [5.41, 5.74) is 3.29. The van der Waals surface area contributed by atoms with Crippen molar-refractivity contribution in [3.8, 4) is 0 Å². The minimum Gasteiger partial charge on any atom is -0.387 e. The maximum atomic E-state index is 10.2. The summed E-state index contributed by atoms with van der Waals surface area (Å²) in [5, 5.41) is 10.2. The molecule has 0 fully saturated rings. The number of nitrogens with zero attached hydrogens (tertiary/aromatic N) is 1. The Kier molecular flexibility index (Phi) is 3.27. The van der Waals surface area contributed by atoms with Crippen LogP contribution in [0.25, 0.3) is 0 Å². The van der Waals surface area contributed by atoms with Crippen molar-refractivity contribution in [3.05, 3.63) is 38.0 Å². The van der Waals surface area contributed by atoms with E-state index in [1.807, 2.05) is 11.7 Å². The van der Waals surface area contributed by atoms with Crippen molar-refractivity contribution in [1.29, 1.82) is 0 Å². The van der Waals surface area contributed by atoms with Crippen molar-refractivity contribution in [3.63, 3.8) is 0 Å². The van der Waals surface area contributed by atoms with Gasteiger partial charge in [-0.2, -0.15) is 0 Å². The molecule has 0 aliphatic heterocycles. The predicted octanol–water partition coefficient (Wildman–Crippen LogP) is 3.36. The quantitative estimate of drug-likeness (QED) is 0.923. The molecule has 0 radical (unpaired) electrons. The Morgan fingerprint density at radius 3 is 3.00 bits per heavy atom. The van der Waals surface area contributed by atoms with Gasteiger partial charge in [-0.3, -0.25) is 4.98 Å². The van der Waals surface area contributed by atoms with Crippen molar-refractivity contribution in [2.45, 2.75) is 38.2 Å². The van der Waals surface area contributed by atoms with Crippen molar-refractivity contribution in [1.82, 2.24) is 4.98 Å². The van der Waals surface area contributed by atoms with Gasteiger partial charge in [0.1, 0.15) is 0 Å². The molecule has 3 rings (SSSR count). The van der Waals surface area contributed by atoms with Gasteiger partial charge in [0.25, 0.3) is 0 Å². The second-order valence-corrected chi connectivity index (χ2v) is 6.63. The summed E-state index contributed by atoms with van der Waals surface area (Å²) in [6.07, 6.45) is 7.19. The first kappa shape index (κ1) is 11.4. The zero-order chi connectivity index (χ0) is 11.7. The fourth-order valence-corrected chi connectivity index (χ4v) is 4.19. The molecule has 1 aliphatic carbocycles. The van der Waals surface area contributed by atoms with Gasteiger partial charge in [0.05, 0.1) is 11.6 Å². The zero-order valence-electron chi connectivity index (χ0n) is 9.56. The molecule has 0 aromatic carbocycles. The van der Waals surface area contributed by atoms with E-state index in [1.165, 1.54) is 36.1 Å². The lowest BCUT2D eigenvalue weighted by Crippen LogP contribution is -1.98. The van der Waals surface area contributed by atoms with Crippen LogP contribution in [0.5, 0.6) is 0 Å². The zero-order valence-corrected chi connectivity index (χ0v) is 11.2. The fourth-order valence-electron chi connectivity index (χ4n) is 2.31. The first-order chi connectivity index (χ1) is 8.33. The van der Waals surface area contributed by atoms with E-state index in [2.05, 4.69) is 11.1 Å². The van der Waals surface area contributed by atoms with Crippen LogP contribution in [0.3, 0.4) is 0 Å². The lowest BCUT2D eigenvalue weighted by atomic mass is 9.99. The maximum absolute atomic E-state index is 10.2. The number of aromatic nitrogens is 1. The molecule has 0 spiro atoms. The smallest absolute Gasteiger partial charge is 0.0930 e. The number of aryl methyl sites for hydroxylation is 2. The first-order valence-corrected chi connectivity index (χ1v) is 7.69. The maximum Gasteiger partial charge on any atom is 0.0930 e. The largest absolute Gasteiger partial charge is 0.387 e. The third-order valence-corrected chi connectivity index (χ3v) is 5.36. The molecule has 0 saturated heterocycles. The normalized spacial score (nSPS) is 16.8. The molecular formula is C13H15NOS2. The van der Waals surface area contributed by atoms with E-state index in [1.54, 1.807) is 22.7 Å². The van der Waals surface area contributed by atoms with Crippen LogP contribution in [0.2, 0.25) is 0 Å². The lowest BCUT2D eigenvalue weighted by molar-refractivity contribution is 0.183. The van der Waals surface area contributed by atoms with Crippen LogP contribution in [0, 0.1) is 0 Å². The Morgan fingerprint density at radius 2 is 2.24 bits per heavy atom. The summed E-state index contributed by atoms with van der Waals surface area (Å²) in [7, 11) is 0. The van der Waals surface area contributed by atoms with Crippen LogP contribution in [-0.2, 0) is 19.3 Å². The molecule has 1 atom stereocenters. The van der Waals surface area contributed by atoms with Crippen LogP contribution < -0.4 is 0 Å². The minimum absolute atomic E-state index is 0.356. The fraction of sp³-hybridized carbons (Fsp3) is 0.462. The predicted molar refractivity (Wildman–Crippen MR) is 71.7 cm³/mol. The van der Waals surface area contributed by atoms with E-state index in [0.717, 1.165) is 9.75 Å². The SMILES string of the molecule is OC(Cc1cncs1)c1cc2c(s1)CCCC2. The summed E-state index contributed by atoms with van der Waals surface area (Å²) in [6.45, 7) is 0. The van der Waals surface area contributed by atoms with E-state index in [0.29, 0.717) is 6.42 Å². The van der Waals surface area contributed by atoms with Crippen LogP contribution in [0.1, 0.15) is 39.1 Å². The molecule has 4 heteroatoms. The number of thiazole rings is 1. The molecule has 1 N–H and O–H groups in total. The molecule has 2 aromatic heterocycles. The first-order valence-electron chi connectivity index (χ1n) is 6.00. The summed E-state index contributed by atoms with van der Waals surface area (Å²) < 4.78 is 0. The van der Waals surface area contributed by atoms with Gasteiger partial charge < -0.3 is 5.11 Å². The van der Waals surface area contributed by atoms with E-state index < -0.39 is 0 Å². The van der Waals surface area contributed by atoms with Gasteiger partial charge in [-0.1, -0.05) is 0 Å². The monoisotopic (exact) mass is 265 g/mol. The highest BCUT2D eigenvalue weighted by Crippen LogP contribution is 2.34. The van der Waals surface area contributed by atoms with Gasteiger partial charge in [0.15, 0.2) is 0 Å². The lowest BCUT2D eigenvalue weighted by Gasteiger charge is -2.08. The molecular weight excluding hydrogens is 250 g/mol. The van der Waals surface area contributed by atoms with Gasteiger partial charge in [-0.15, -0.1) is 22.7 Å². The molecule has 0 saturated carbocycles. The average Bonchev–Trinajstić information content (AvgIpc) is 2.96. The minimum atomic E-state index is -0.356. The summed E-state index contributed by atoms with van der Waals surface area (Å²) in [5.74, 6) is 0. The molecule has 0 bridgehead atoms. The molecule has 17 heavy (non-hydrogen) atoms. The Hall–Kier alpha value is -0.710. The third kappa shape index (κ3) is 2.44. The summed E-state index contributed by atoms with van der Waals surface area (Å²) in [4.78, 5) is 7.83. The van der Waals surface area contributed by atoms with Crippen LogP contribution in [0.4, 0.5) is 0 Å². The molecule has 90 valence electrons. The number of thiophene rings is 1. The highest BCUT2D eigenvalue weighted by molar-refractivity contribution is 7.12. The van der Waals surface area contributed by atoms with Crippen molar-refractivity contribution >= 4 is 22.7 Å². The molecule has 1 aliphatic rings. The Bertz CT molecular complexity index is 466. The van der Waals surface area contributed by atoms with E-state index >= 15 is 0 Å². The van der Waals surface area contributed by atoms with Crippen molar-refractivity contribution in [2.75, 3.05) is 0 Å². The number of hydrogen-bond acceptors (Lipinski definition) is 4. The summed E-state index contributed by atoms with van der Waals surface area (Å²) in [6, 6.07) is 2.21.